The molecule has 0 aliphatic carbocycles. The molecule has 3 rings (SSSR count). The van der Waals surface area contributed by atoms with Crippen LogP contribution >= 0.6 is 0 Å². The number of methoxy groups -OCH3 is 1. The van der Waals surface area contributed by atoms with E-state index in [-0.39, 0.29) is 12.5 Å². The van der Waals surface area contributed by atoms with Crippen LogP contribution in [-0.4, -0.2) is 48.3 Å². The van der Waals surface area contributed by atoms with E-state index in [9.17, 15) is 9.90 Å². The lowest BCUT2D eigenvalue weighted by atomic mass is 9.92. The van der Waals surface area contributed by atoms with E-state index in [0.29, 0.717) is 37.2 Å². The second-order valence-electron chi connectivity index (χ2n) is 7.28. The zero-order valence-corrected chi connectivity index (χ0v) is 16.2. The number of hydrogen-bond donors (Lipinski definition) is 1. The molecule has 5 heteroatoms. The lowest BCUT2D eigenvalue weighted by Crippen LogP contribution is -2.49. The molecular formula is C22H27NO4. The standard InChI is InChI=1S/C22H27NO4/c1-16-7-8-20(13-17(16)2)27-15-22(25)9-11-23(12-10-22)21(24)18-5-4-6-19(14-18)26-3/h4-8,13-14,25H,9-12,15H2,1-3H3. The maximum Gasteiger partial charge on any atom is 0.253 e. The lowest BCUT2D eigenvalue weighted by molar-refractivity contribution is -0.0475. The molecule has 0 unspecified atom stereocenters. The number of aliphatic hydroxyl groups is 1. The smallest absolute Gasteiger partial charge is 0.253 e. The number of carbonyl (C=O) groups excluding carboxylic acids is 1. The Hall–Kier alpha value is -2.53. The number of benzene rings is 2. The molecule has 1 N–H and O–H groups in total. The fourth-order valence-electron chi connectivity index (χ4n) is 3.23. The number of aryl methyl sites for hydroxylation is 2. The normalized spacial score (nSPS) is 16.1. The van der Waals surface area contributed by atoms with Crippen molar-refractivity contribution in [3.8, 4) is 11.5 Å². The summed E-state index contributed by atoms with van der Waals surface area (Å²) in [6.45, 7) is 5.34. The number of likely N-dealkylation sites (tertiary alicyclic amines) is 1. The van der Waals surface area contributed by atoms with Gasteiger partial charge >= 0.3 is 0 Å². The van der Waals surface area contributed by atoms with Crippen LogP contribution in [0.2, 0.25) is 0 Å². The van der Waals surface area contributed by atoms with Crippen LogP contribution in [0.5, 0.6) is 11.5 Å². The number of carbonyl (C=O) groups is 1. The quantitative estimate of drug-likeness (QED) is 0.878. The van der Waals surface area contributed by atoms with E-state index >= 15 is 0 Å². The zero-order chi connectivity index (χ0) is 19.4. The molecule has 5 nitrogen and oxygen atoms in total. The van der Waals surface area contributed by atoms with Crippen LogP contribution in [0.15, 0.2) is 42.5 Å². The van der Waals surface area contributed by atoms with E-state index < -0.39 is 5.60 Å². The fraction of sp³-hybridized carbons (Fsp3) is 0.409. The number of hydrogen-bond acceptors (Lipinski definition) is 4. The van der Waals surface area contributed by atoms with Gasteiger partial charge in [-0.15, -0.1) is 0 Å². The van der Waals surface area contributed by atoms with E-state index in [1.165, 1.54) is 5.56 Å². The third kappa shape index (κ3) is 4.61. The van der Waals surface area contributed by atoms with Gasteiger partial charge in [-0.25, -0.2) is 0 Å². The highest BCUT2D eigenvalue weighted by atomic mass is 16.5. The van der Waals surface area contributed by atoms with Gasteiger partial charge in [0.1, 0.15) is 23.7 Å². The van der Waals surface area contributed by atoms with Crippen molar-refractivity contribution in [2.24, 2.45) is 0 Å². The molecular weight excluding hydrogens is 342 g/mol. The lowest BCUT2D eigenvalue weighted by Gasteiger charge is -2.38. The Morgan fingerprint density at radius 3 is 2.48 bits per heavy atom. The minimum absolute atomic E-state index is 0.0361. The highest BCUT2D eigenvalue weighted by molar-refractivity contribution is 5.94. The van der Waals surface area contributed by atoms with E-state index in [1.807, 2.05) is 37.3 Å². The molecule has 1 aliphatic rings. The monoisotopic (exact) mass is 369 g/mol. The Morgan fingerprint density at radius 1 is 1.07 bits per heavy atom. The van der Waals surface area contributed by atoms with Gasteiger partial charge in [0.25, 0.3) is 5.91 Å². The van der Waals surface area contributed by atoms with Gasteiger partial charge in [-0.3, -0.25) is 4.79 Å². The van der Waals surface area contributed by atoms with Crippen molar-refractivity contribution >= 4 is 5.91 Å². The first kappa shape index (κ1) is 19.2. The Balaban J connectivity index is 1.56. The van der Waals surface area contributed by atoms with Crippen molar-refractivity contribution in [3.63, 3.8) is 0 Å². The summed E-state index contributed by atoms with van der Waals surface area (Å²) in [5, 5.41) is 10.8. The van der Waals surface area contributed by atoms with Gasteiger partial charge in [0, 0.05) is 18.7 Å². The summed E-state index contributed by atoms with van der Waals surface area (Å²) in [5.41, 5.74) is 2.07. The summed E-state index contributed by atoms with van der Waals surface area (Å²) >= 11 is 0. The number of piperidine rings is 1. The van der Waals surface area contributed by atoms with Crippen LogP contribution in [0.1, 0.15) is 34.3 Å². The van der Waals surface area contributed by atoms with Crippen molar-refractivity contribution in [2.75, 3.05) is 26.8 Å². The summed E-state index contributed by atoms with van der Waals surface area (Å²) in [4.78, 5) is 14.5. The average molecular weight is 369 g/mol. The van der Waals surface area contributed by atoms with Crippen LogP contribution in [0.4, 0.5) is 0 Å². The summed E-state index contributed by atoms with van der Waals surface area (Å²) in [6.07, 6.45) is 0.987. The number of rotatable bonds is 5. The number of ether oxygens (including phenoxy) is 2. The van der Waals surface area contributed by atoms with Gasteiger partial charge in [0.05, 0.1) is 7.11 Å². The molecule has 1 amide bonds. The zero-order valence-electron chi connectivity index (χ0n) is 16.2. The molecule has 1 fully saturated rings. The summed E-state index contributed by atoms with van der Waals surface area (Å²) in [7, 11) is 1.58. The van der Waals surface area contributed by atoms with E-state index in [2.05, 4.69) is 6.92 Å². The summed E-state index contributed by atoms with van der Waals surface area (Å²) in [5.74, 6) is 1.39. The molecule has 2 aromatic carbocycles. The van der Waals surface area contributed by atoms with Gasteiger partial charge in [0.15, 0.2) is 0 Å². The fourth-order valence-corrected chi connectivity index (χ4v) is 3.23. The topological polar surface area (TPSA) is 59.0 Å². The first-order valence-electron chi connectivity index (χ1n) is 9.26. The molecule has 1 aliphatic heterocycles. The Kier molecular flexibility index (Phi) is 5.71. The third-order valence-electron chi connectivity index (χ3n) is 5.28. The predicted octanol–water partition coefficient (Wildman–Crippen LogP) is 3.36. The van der Waals surface area contributed by atoms with E-state index in [1.54, 1.807) is 24.1 Å². The third-order valence-corrected chi connectivity index (χ3v) is 5.28. The van der Waals surface area contributed by atoms with Crippen molar-refractivity contribution in [1.82, 2.24) is 4.90 Å². The van der Waals surface area contributed by atoms with Crippen LogP contribution in [0, 0.1) is 13.8 Å². The average Bonchev–Trinajstić information content (AvgIpc) is 2.69. The second kappa shape index (κ2) is 8.01. The van der Waals surface area contributed by atoms with E-state index in [0.717, 1.165) is 11.3 Å². The predicted molar refractivity (Wildman–Crippen MR) is 104 cm³/mol. The van der Waals surface area contributed by atoms with Gasteiger partial charge in [0.2, 0.25) is 0 Å². The molecule has 0 aromatic heterocycles. The van der Waals surface area contributed by atoms with E-state index in [4.69, 9.17) is 9.47 Å². The molecule has 0 saturated carbocycles. The molecule has 1 heterocycles. The molecule has 144 valence electrons. The highest BCUT2D eigenvalue weighted by Gasteiger charge is 2.35. The van der Waals surface area contributed by atoms with Crippen molar-refractivity contribution in [2.45, 2.75) is 32.3 Å². The molecule has 2 aromatic rings. The summed E-state index contributed by atoms with van der Waals surface area (Å²) in [6, 6.07) is 13.1. The first-order valence-corrected chi connectivity index (χ1v) is 9.26. The minimum Gasteiger partial charge on any atom is -0.497 e. The molecule has 0 atom stereocenters. The maximum atomic E-state index is 12.7. The highest BCUT2D eigenvalue weighted by Crippen LogP contribution is 2.26. The van der Waals surface area contributed by atoms with Crippen molar-refractivity contribution in [3.05, 3.63) is 59.2 Å². The van der Waals surface area contributed by atoms with Crippen LogP contribution < -0.4 is 9.47 Å². The summed E-state index contributed by atoms with van der Waals surface area (Å²) < 4.78 is 11.0. The largest absolute Gasteiger partial charge is 0.497 e. The van der Waals surface area contributed by atoms with Gasteiger partial charge in [-0.1, -0.05) is 12.1 Å². The second-order valence-corrected chi connectivity index (χ2v) is 7.28. The molecule has 0 bridgehead atoms. The molecule has 0 spiro atoms. The Bertz CT molecular complexity index is 810. The van der Waals surface area contributed by atoms with Crippen LogP contribution in [0.25, 0.3) is 0 Å². The Morgan fingerprint density at radius 2 is 1.81 bits per heavy atom. The molecule has 0 radical (unpaired) electrons. The Labute approximate surface area is 160 Å². The van der Waals surface area contributed by atoms with Gasteiger partial charge in [-0.2, -0.15) is 0 Å². The minimum atomic E-state index is -0.913. The SMILES string of the molecule is COc1cccc(C(=O)N2CCC(O)(COc3ccc(C)c(C)c3)CC2)c1. The van der Waals surface area contributed by atoms with Crippen LogP contribution in [0.3, 0.4) is 0 Å². The van der Waals surface area contributed by atoms with Crippen LogP contribution in [-0.2, 0) is 0 Å². The number of amides is 1. The van der Waals surface area contributed by atoms with Gasteiger partial charge < -0.3 is 19.5 Å². The maximum absolute atomic E-state index is 12.7. The van der Waals surface area contributed by atoms with Crippen molar-refractivity contribution < 1.29 is 19.4 Å². The molecule has 1 saturated heterocycles. The van der Waals surface area contributed by atoms with Gasteiger partial charge in [-0.05, 0) is 68.1 Å². The number of nitrogens with zero attached hydrogens (tertiary/aromatic N) is 1. The van der Waals surface area contributed by atoms with Crippen molar-refractivity contribution in [1.29, 1.82) is 0 Å². The molecule has 27 heavy (non-hydrogen) atoms. The first-order chi connectivity index (χ1) is 12.9.